The van der Waals surface area contributed by atoms with Gasteiger partial charge in [0, 0.05) is 23.3 Å². The first-order valence-corrected chi connectivity index (χ1v) is 7.67. The van der Waals surface area contributed by atoms with Gasteiger partial charge < -0.3 is 4.74 Å². The quantitative estimate of drug-likeness (QED) is 0.571. The first kappa shape index (κ1) is 15.9. The van der Waals surface area contributed by atoms with E-state index in [1.54, 1.807) is 12.1 Å². The zero-order valence-corrected chi connectivity index (χ0v) is 13.8. The monoisotopic (exact) mass is 322 g/mol. The van der Waals surface area contributed by atoms with Gasteiger partial charge in [0.2, 0.25) is 5.90 Å². The molecular weight excluding hydrogens is 304 g/mol. The van der Waals surface area contributed by atoms with Crippen molar-refractivity contribution in [2.75, 3.05) is 0 Å². The zero-order chi connectivity index (χ0) is 17.3. The lowest BCUT2D eigenvalue weighted by Gasteiger charge is -2.22. The highest BCUT2D eigenvalue weighted by molar-refractivity contribution is 6.02. The largest absolute Gasteiger partial charge is 0.438 e. The minimum Gasteiger partial charge on any atom is -0.438 e. The maximum absolute atomic E-state index is 10.8. The van der Waals surface area contributed by atoms with Gasteiger partial charge in [0.25, 0.3) is 5.69 Å². The number of aliphatic imine (C=N–C) groups is 1. The number of hydrogen-bond donors (Lipinski definition) is 0. The number of rotatable bonds is 2. The van der Waals surface area contributed by atoms with E-state index in [9.17, 15) is 10.1 Å². The molecule has 0 unspecified atom stereocenters. The Morgan fingerprint density at radius 1 is 1.08 bits per heavy atom. The number of hydrogen-bond acceptors (Lipinski definition) is 4. The number of para-hydroxylation sites is 1. The molecule has 1 aliphatic rings. The number of allylic oxidation sites excluding steroid dienone is 1. The molecule has 5 heteroatoms. The second-order valence-corrected chi connectivity index (χ2v) is 6.71. The third kappa shape index (κ3) is 3.35. The Balaban J connectivity index is 2.05. The third-order valence-electron chi connectivity index (χ3n) is 3.49. The lowest BCUT2D eigenvalue weighted by Crippen LogP contribution is -2.13. The molecule has 0 saturated carbocycles. The molecule has 0 aliphatic carbocycles. The van der Waals surface area contributed by atoms with Crippen molar-refractivity contribution < 1.29 is 9.66 Å². The molecule has 0 atom stereocenters. The molecule has 24 heavy (non-hydrogen) atoms. The molecule has 0 spiro atoms. The maximum atomic E-state index is 10.8. The Bertz CT molecular complexity index is 844. The second-order valence-electron chi connectivity index (χ2n) is 6.71. The first-order chi connectivity index (χ1) is 11.3. The van der Waals surface area contributed by atoms with Gasteiger partial charge >= 0.3 is 0 Å². The first-order valence-electron chi connectivity index (χ1n) is 7.67. The average Bonchev–Trinajstić information content (AvgIpc) is 2.53. The van der Waals surface area contributed by atoms with Gasteiger partial charge in [-0.15, -0.1) is 0 Å². The fourth-order valence-corrected chi connectivity index (χ4v) is 2.42. The van der Waals surface area contributed by atoms with Crippen molar-refractivity contribution in [3.05, 3.63) is 75.8 Å². The molecule has 2 aromatic rings. The summed E-state index contributed by atoms with van der Waals surface area (Å²) >= 11 is 0. The van der Waals surface area contributed by atoms with Gasteiger partial charge in [-0.3, -0.25) is 10.1 Å². The van der Waals surface area contributed by atoms with Crippen LogP contribution in [0.1, 0.15) is 31.9 Å². The predicted molar refractivity (Wildman–Crippen MR) is 94.3 cm³/mol. The van der Waals surface area contributed by atoms with E-state index in [4.69, 9.17) is 4.74 Å². The van der Waals surface area contributed by atoms with Crippen molar-refractivity contribution >= 4 is 23.0 Å². The van der Waals surface area contributed by atoms with Gasteiger partial charge in [0.05, 0.1) is 10.6 Å². The summed E-state index contributed by atoms with van der Waals surface area (Å²) in [6.45, 7) is 6.30. The number of ether oxygens (including phenoxy) is 1. The SMILES string of the molecule is CC(C)(C)/C=C1/OC(c2ccc([N+](=O)[O-])cc2)=Nc2ccccc21. The Hall–Kier alpha value is -2.95. The van der Waals surface area contributed by atoms with Crippen LogP contribution in [0.4, 0.5) is 11.4 Å². The normalized spacial score (nSPS) is 15.5. The molecule has 0 aromatic heterocycles. The number of fused-ring (bicyclic) bond motifs is 1. The lowest BCUT2D eigenvalue weighted by atomic mass is 9.93. The van der Waals surface area contributed by atoms with Crippen LogP contribution in [0.15, 0.2) is 59.6 Å². The van der Waals surface area contributed by atoms with Crippen molar-refractivity contribution in [3.8, 4) is 0 Å². The summed E-state index contributed by atoms with van der Waals surface area (Å²) in [6.07, 6.45) is 2.06. The van der Waals surface area contributed by atoms with Crippen LogP contribution in [-0.4, -0.2) is 10.8 Å². The highest BCUT2D eigenvalue weighted by Gasteiger charge is 2.22. The fraction of sp³-hybridized carbons (Fsp3) is 0.211. The minimum absolute atomic E-state index is 0.0426. The molecule has 1 aliphatic heterocycles. The Kier molecular flexibility index (Phi) is 3.93. The summed E-state index contributed by atoms with van der Waals surface area (Å²) in [5.41, 5.74) is 2.46. The van der Waals surface area contributed by atoms with Gasteiger partial charge in [-0.1, -0.05) is 32.9 Å². The van der Waals surface area contributed by atoms with Crippen molar-refractivity contribution in [2.24, 2.45) is 10.4 Å². The third-order valence-corrected chi connectivity index (χ3v) is 3.49. The van der Waals surface area contributed by atoms with E-state index in [-0.39, 0.29) is 11.1 Å². The van der Waals surface area contributed by atoms with Crippen molar-refractivity contribution in [1.29, 1.82) is 0 Å². The van der Waals surface area contributed by atoms with E-state index in [0.717, 1.165) is 17.0 Å². The summed E-state index contributed by atoms with van der Waals surface area (Å²) in [7, 11) is 0. The Morgan fingerprint density at radius 2 is 1.75 bits per heavy atom. The molecule has 0 saturated heterocycles. The molecule has 1 heterocycles. The number of nitrogens with zero attached hydrogens (tertiary/aromatic N) is 2. The number of non-ortho nitro benzene ring substituents is 1. The summed E-state index contributed by atoms with van der Waals surface area (Å²) in [5.74, 6) is 1.19. The molecule has 0 fully saturated rings. The predicted octanol–water partition coefficient (Wildman–Crippen LogP) is 5.09. The summed E-state index contributed by atoms with van der Waals surface area (Å²) in [6, 6.07) is 14.0. The standard InChI is InChI=1S/C19H18N2O3/c1-19(2,3)12-17-15-6-4-5-7-16(15)20-18(24-17)13-8-10-14(11-9-13)21(22)23/h4-12H,1-3H3/b17-12+. The van der Waals surface area contributed by atoms with E-state index in [0.29, 0.717) is 11.5 Å². The zero-order valence-electron chi connectivity index (χ0n) is 13.8. The number of nitro benzene ring substituents is 1. The second kappa shape index (κ2) is 5.92. The Morgan fingerprint density at radius 3 is 2.38 bits per heavy atom. The number of nitro groups is 1. The molecule has 0 N–H and O–H groups in total. The van der Waals surface area contributed by atoms with E-state index in [2.05, 4.69) is 31.8 Å². The summed E-state index contributed by atoms with van der Waals surface area (Å²) < 4.78 is 6.02. The summed E-state index contributed by atoms with van der Waals surface area (Å²) in [5, 5.41) is 10.8. The van der Waals surface area contributed by atoms with Crippen LogP contribution in [0.3, 0.4) is 0 Å². The Labute approximate surface area is 140 Å². The fourth-order valence-electron chi connectivity index (χ4n) is 2.42. The molecular formula is C19H18N2O3. The van der Waals surface area contributed by atoms with Crippen LogP contribution in [0, 0.1) is 15.5 Å². The van der Waals surface area contributed by atoms with Gasteiger partial charge in [0.1, 0.15) is 5.76 Å². The molecule has 5 nitrogen and oxygen atoms in total. The molecule has 0 bridgehead atoms. The molecule has 2 aromatic carbocycles. The molecule has 0 radical (unpaired) electrons. The lowest BCUT2D eigenvalue weighted by molar-refractivity contribution is -0.384. The number of benzene rings is 2. The highest BCUT2D eigenvalue weighted by Crippen LogP contribution is 2.36. The van der Waals surface area contributed by atoms with Crippen LogP contribution < -0.4 is 0 Å². The summed E-state index contributed by atoms with van der Waals surface area (Å²) in [4.78, 5) is 14.9. The average molecular weight is 322 g/mol. The van der Waals surface area contributed by atoms with Gasteiger partial charge in [-0.2, -0.15) is 0 Å². The topological polar surface area (TPSA) is 64.7 Å². The van der Waals surface area contributed by atoms with Crippen LogP contribution in [0.2, 0.25) is 0 Å². The highest BCUT2D eigenvalue weighted by atomic mass is 16.6. The molecule has 3 rings (SSSR count). The van der Waals surface area contributed by atoms with Crippen LogP contribution in [0.5, 0.6) is 0 Å². The minimum atomic E-state index is -0.423. The van der Waals surface area contributed by atoms with Gasteiger partial charge in [-0.25, -0.2) is 4.99 Å². The van der Waals surface area contributed by atoms with Crippen molar-refractivity contribution in [1.82, 2.24) is 0 Å². The maximum Gasteiger partial charge on any atom is 0.269 e. The van der Waals surface area contributed by atoms with Crippen LogP contribution in [-0.2, 0) is 4.74 Å². The van der Waals surface area contributed by atoms with Crippen LogP contribution in [0.25, 0.3) is 5.76 Å². The van der Waals surface area contributed by atoms with Gasteiger partial charge in [-0.05, 0) is 35.8 Å². The molecule has 0 amide bonds. The van der Waals surface area contributed by atoms with E-state index < -0.39 is 4.92 Å². The van der Waals surface area contributed by atoms with Crippen molar-refractivity contribution in [3.63, 3.8) is 0 Å². The smallest absolute Gasteiger partial charge is 0.269 e. The van der Waals surface area contributed by atoms with E-state index in [1.165, 1.54) is 12.1 Å². The van der Waals surface area contributed by atoms with Crippen LogP contribution >= 0.6 is 0 Å². The van der Waals surface area contributed by atoms with E-state index in [1.807, 2.05) is 24.3 Å². The van der Waals surface area contributed by atoms with Crippen molar-refractivity contribution in [2.45, 2.75) is 20.8 Å². The van der Waals surface area contributed by atoms with E-state index >= 15 is 0 Å². The molecule has 122 valence electrons. The van der Waals surface area contributed by atoms with Gasteiger partial charge in [0.15, 0.2) is 0 Å².